The monoisotopic (exact) mass is 609 g/mol. The smallest absolute Gasteiger partial charge is 0.153 e. The molecule has 10 rings (SSSR count). The Labute approximate surface area is 269 Å². The molecule has 0 amide bonds. The Morgan fingerprint density at radius 3 is 2.26 bits per heavy atom. The number of thiophene rings is 1. The van der Waals surface area contributed by atoms with E-state index in [1.807, 2.05) is 30.6 Å². The van der Waals surface area contributed by atoms with E-state index in [9.17, 15) is 0 Å². The molecule has 4 nitrogen and oxygen atoms in total. The molecule has 4 aromatic carbocycles. The Morgan fingerprint density at radius 1 is 0.609 bits per heavy atom. The maximum absolute atomic E-state index is 6.05. The van der Waals surface area contributed by atoms with Crippen LogP contribution >= 0.6 is 11.3 Å². The van der Waals surface area contributed by atoms with Gasteiger partial charge in [-0.2, -0.15) is 11.3 Å². The normalized spacial score (nSPS) is 13.6. The van der Waals surface area contributed by atoms with Crippen LogP contribution in [0.4, 0.5) is 0 Å². The number of benzene rings is 4. The van der Waals surface area contributed by atoms with Crippen molar-refractivity contribution in [2.45, 2.75) is 19.3 Å². The van der Waals surface area contributed by atoms with Crippen molar-refractivity contribution in [2.75, 3.05) is 0 Å². The van der Waals surface area contributed by atoms with Crippen molar-refractivity contribution in [3.63, 3.8) is 0 Å². The van der Waals surface area contributed by atoms with Crippen LogP contribution in [0.1, 0.15) is 25.0 Å². The number of pyridine rings is 2. The zero-order chi connectivity index (χ0) is 30.6. The van der Waals surface area contributed by atoms with Crippen LogP contribution in [0.3, 0.4) is 0 Å². The quantitative estimate of drug-likeness (QED) is 0.200. The first-order valence-electron chi connectivity index (χ1n) is 15.5. The van der Waals surface area contributed by atoms with Gasteiger partial charge in [-0.05, 0) is 93.7 Å². The van der Waals surface area contributed by atoms with Gasteiger partial charge in [0, 0.05) is 56.3 Å². The molecule has 0 atom stereocenters. The van der Waals surface area contributed by atoms with Gasteiger partial charge in [0.1, 0.15) is 11.1 Å². The number of aromatic nitrogens is 3. The minimum atomic E-state index is -0.0722. The van der Waals surface area contributed by atoms with E-state index in [4.69, 9.17) is 9.40 Å². The predicted molar refractivity (Wildman–Crippen MR) is 190 cm³/mol. The van der Waals surface area contributed by atoms with Gasteiger partial charge in [0.2, 0.25) is 0 Å². The molecule has 0 N–H and O–H groups in total. The molecule has 0 bridgehead atoms. The van der Waals surface area contributed by atoms with Gasteiger partial charge in [0.15, 0.2) is 5.58 Å². The van der Waals surface area contributed by atoms with Gasteiger partial charge in [-0.25, -0.2) is 0 Å². The molecule has 0 saturated heterocycles. The number of para-hydroxylation sites is 1. The van der Waals surface area contributed by atoms with Crippen molar-refractivity contribution in [1.29, 1.82) is 0 Å². The van der Waals surface area contributed by atoms with E-state index in [2.05, 4.69) is 119 Å². The van der Waals surface area contributed by atoms with E-state index in [-0.39, 0.29) is 5.41 Å². The molecule has 5 heterocycles. The highest BCUT2D eigenvalue weighted by Crippen LogP contribution is 2.49. The van der Waals surface area contributed by atoms with E-state index in [0.717, 1.165) is 39.0 Å². The molecule has 0 spiro atoms. The lowest BCUT2D eigenvalue weighted by molar-refractivity contribution is 0.659. The predicted octanol–water partition coefficient (Wildman–Crippen LogP) is 11.2. The largest absolute Gasteiger partial charge is 0.454 e. The number of nitrogens with zero attached hydrogens (tertiary/aromatic N) is 3. The fourth-order valence-electron chi connectivity index (χ4n) is 7.61. The topological polar surface area (TPSA) is 43.9 Å². The van der Waals surface area contributed by atoms with Crippen LogP contribution in [-0.4, -0.2) is 14.5 Å². The maximum atomic E-state index is 6.05. The molecule has 0 unspecified atom stereocenters. The third-order valence-corrected chi connectivity index (χ3v) is 10.6. The lowest BCUT2D eigenvalue weighted by atomic mass is 9.83. The van der Waals surface area contributed by atoms with E-state index in [1.54, 1.807) is 11.3 Å². The highest BCUT2D eigenvalue weighted by atomic mass is 32.1. The summed E-state index contributed by atoms with van der Waals surface area (Å²) in [5, 5.41) is 8.04. The van der Waals surface area contributed by atoms with Gasteiger partial charge >= 0.3 is 0 Å². The first-order valence-corrected chi connectivity index (χ1v) is 16.5. The molecule has 0 radical (unpaired) electrons. The second kappa shape index (κ2) is 9.25. The molecule has 5 heteroatoms. The summed E-state index contributed by atoms with van der Waals surface area (Å²) >= 11 is 1.73. The highest BCUT2D eigenvalue weighted by molar-refractivity contribution is 7.08. The van der Waals surface area contributed by atoms with Crippen molar-refractivity contribution in [3.8, 4) is 39.2 Å². The van der Waals surface area contributed by atoms with E-state index >= 15 is 0 Å². The van der Waals surface area contributed by atoms with Crippen LogP contribution < -0.4 is 0 Å². The van der Waals surface area contributed by atoms with Crippen molar-refractivity contribution in [1.82, 2.24) is 14.5 Å². The second-order valence-electron chi connectivity index (χ2n) is 12.7. The van der Waals surface area contributed by atoms with Gasteiger partial charge in [0.05, 0.1) is 16.7 Å². The standard InChI is InChI=1S/C41H27N3OS/c1-41(2)33-14-13-26(21-29(33)39-34(41)8-5-17-42-39)44-35-9-4-3-7-27(35)28-19-24(11-15-36(28)44)31-22-46-23-32(31)25-12-16-37-30(20-25)40-38(45-37)10-6-18-43-40/h3-23H,1-2H3. The second-order valence-corrected chi connectivity index (χ2v) is 13.4. The van der Waals surface area contributed by atoms with E-state index < -0.39 is 0 Å². The molecule has 0 saturated carbocycles. The number of hydrogen-bond acceptors (Lipinski definition) is 4. The summed E-state index contributed by atoms with van der Waals surface area (Å²) in [5.41, 5.74) is 15.8. The average Bonchev–Trinajstić information content (AvgIpc) is 3.85. The molecular formula is C41H27N3OS. The number of fused-ring (bicyclic) bond motifs is 9. The van der Waals surface area contributed by atoms with Gasteiger partial charge in [-0.3, -0.25) is 9.97 Å². The van der Waals surface area contributed by atoms with Crippen LogP contribution in [0.25, 0.3) is 83.1 Å². The fraction of sp³-hybridized carbons (Fsp3) is 0.0732. The third-order valence-electron chi connectivity index (χ3n) is 9.85. The Hall–Kier alpha value is -5.52. The van der Waals surface area contributed by atoms with Crippen molar-refractivity contribution in [3.05, 3.63) is 137 Å². The molecule has 0 fully saturated rings. The summed E-state index contributed by atoms with van der Waals surface area (Å²) in [5.74, 6) is 0. The highest BCUT2D eigenvalue weighted by Gasteiger charge is 2.36. The van der Waals surface area contributed by atoms with Crippen molar-refractivity contribution >= 4 is 55.2 Å². The van der Waals surface area contributed by atoms with Crippen LogP contribution in [-0.2, 0) is 5.41 Å². The van der Waals surface area contributed by atoms with Crippen molar-refractivity contribution < 1.29 is 4.42 Å². The Bertz CT molecular complexity index is 2690. The minimum absolute atomic E-state index is 0.0722. The molecule has 46 heavy (non-hydrogen) atoms. The molecule has 218 valence electrons. The van der Waals surface area contributed by atoms with Gasteiger partial charge in [-0.15, -0.1) is 0 Å². The van der Waals surface area contributed by atoms with Crippen LogP contribution in [0, 0.1) is 0 Å². The zero-order valence-corrected chi connectivity index (χ0v) is 26.1. The minimum Gasteiger partial charge on any atom is -0.454 e. The maximum Gasteiger partial charge on any atom is 0.153 e. The lowest BCUT2D eigenvalue weighted by Crippen LogP contribution is -2.15. The van der Waals surface area contributed by atoms with Gasteiger partial charge in [-0.1, -0.05) is 56.3 Å². The molecular weight excluding hydrogens is 583 g/mol. The van der Waals surface area contributed by atoms with E-state index in [0.29, 0.717) is 0 Å². The van der Waals surface area contributed by atoms with Gasteiger partial charge < -0.3 is 8.98 Å². The van der Waals surface area contributed by atoms with Crippen LogP contribution in [0.15, 0.2) is 131 Å². The van der Waals surface area contributed by atoms with Crippen LogP contribution in [0.2, 0.25) is 0 Å². The molecule has 9 aromatic rings. The molecule has 1 aliphatic carbocycles. The van der Waals surface area contributed by atoms with Crippen molar-refractivity contribution in [2.24, 2.45) is 0 Å². The number of rotatable bonds is 3. The average molecular weight is 610 g/mol. The molecule has 5 aromatic heterocycles. The summed E-state index contributed by atoms with van der Waals surface area (Å²) in [7, 11) is 0. The fourth-order valence-corrected chi connectivity index (χ4v) is 8.48. The van der Waals surface area contributed by atoms with E-state index in [1.165, 1.54) is 55.2 Å². The van der Waals surface area contributed by atoms with Gasteiger partial charge in [0.25, 0.3) is 0 Å². The summed E-state index contributed by atoms with van der Waals surface area (Å²) in [6.45, 7) is 4.60. The summed E-state index contributed by atoms with van der Waals surface area (Å²) in [6.07, 6.45) is 3.73. The third kappa shape index (κ3) is 3.49. The van der Waals surface area contributed by atoms with Crippen LogP contribution in [0.5, 0.6) is 0 Å². The lowest BCUT2D eigenvalue weighted by Gasteiger charge is -2.21. The first-order chi connectivity index (χ1) is 22.6. The Kier molecular flexibility index (Phi) is 5.18. The molecule has 1 aliphatic rings. The first kappa shape index (κ1) is 25.8. The SMILES string of the molecule is CC1(C)c2ccc(-n3c4ccccc4c4cc(-c5cscc5-c5ccc6oc7cccnc7c6c5)ccc43)cc2-c2ncccc21. The summed E-state index contributed by atoms with van der Waals surface area (Å²) in [4.78, 5) is 9.43. The Morgan fingerprint density at radius 2 is 1.37 bits per heavy atom. The zero-order valence-electron chi connectivity index (χ0n) is 25.3. The summed E-state index contributed by atoms with van der Waals surface area (Å²) in [6, 6.07) is 37.1. The Balaban J connectivity index is 1.14. The number of furan rings is 1. The molecule has 0 aliphatic heterocycles. The summed E-state index contributed by atoms with van der Waals surface area (Å²) < 4.78 is 8.46. The number of hydrogen-bond donors (Lipinski definition) is 0.